The molecule has 2 unspecified atom stereocenters. The Morgan fingerprint density at radius 1 is 1.12 bits per heavy atom. The van der Waals surface area contributed by atoms with E-state index in [2.05, 4.69) is 15.3 Å². The molecule has 1 amide bonds. The van der Waals surface area contributed by atoms with Gasteiger partial charge in [0.1, 0.15) is 11.3 Å². The van der Waals surface area contributed by atoms with Crippen molar-refractivity contribution in [1.29, 1.82) is 0 Å². The molecule has 4 rings (SSSR count). The first-order chi connectivity index (χ1) is 19.1. The zero-order valence-electron chi connectivity index (χ0n) is 22.5. The lowest BCUT2D eigenvalue weighted by atomic mass is 9.57. The van der Waals surface area contributed by atoms with Crippen LogP contribution in [0.4, 0.5) is 0 Å². The highest BCUT2D eigenvalue weighted by Crippen LogP contribution is 2.48. The number of benzene rings is 1. The summed E-state index contributed by atoms with van der Waals surface area (Å²) in [6.07, 6.45) is 3.25. The van der Waals surface area contributed by atoms with Gasteiger partial charge in [0.25, 0.3) is 17.8 Å². The molecule has 2 aliphatic heterocycles. The van der Waals surface area contributed by atoms with Crippen molar-refractivity contribution in [2.24, 2.45) is 5.92 Å². The number of carbonyl (C=O) groups excluding carboxylic acids is 5. The molecular formula is C27H31BN3O9-. The summed E-state index contributed by atoms with van der Waals surface area (Å²) in [4.78, 5) is 72.4. The fraction of sp³-hybridized carbons (Fsp3) is 0.444. The summed E-state index contributed by atoms with van der Waals surface area (Å²) in [7, 11) is 1.15. The summed E-state index contributed by atoms with van der Waals surface area (Å²) in [5, 5.41) is 2.74. The smallest absolute Gasteiger partial charge is 0.499 e. The van der Waals surface area contributed by atoms with Crippen molar-refractivity contribution in [1.82, 2.24) is 15.3 Å². The Kier molecular flexibility index (Phi) is 8.62. The van der Waals surface area contributed by atoms with Crippen LogP contribution in [0, 0.1) is 5.92 Å². The number of ketones is 1. The predicted molar refractivity (Wildman–Crippen MR) is 139 cm³/mol. The van der Waals surface area contributed by atoms with E-state index in [-0.39, 0.29) is 30.9 Å². The second kappa shape index (κ2) is 11.9. The van der Waals surface area contributed by atoms with E-state index in [1.54, 1.807) is 0 Å². The van der Waals surface area contributed by atoms with Crippen LogP contribution in [0.15, 0.2) is 48.9 Å². The number of nitrogens with one attached hydrogen (secondary N) is 1. The largest absolute Gasteiger partial charge is 0.633 e. The number of fused-ring (bicyclic) bond motifs is 2. The number of amides is 1. The lowest BCUT2D eigenvalue weighted by molar-refractivity contribution is -0.161. The molecule has 0 aliphatic carbocycles. The maximum atomic E-state index is 13.8. The molecule has 0 radical (unpaired) electrons. The minimum absolute atomic E-state index is 0.0191. The van der Waals surface area contributed by atoms with Gasteiger partial charge < -0.3 is 24.0 Å². The second-order valence-corrected chi connectivity index (χ2v) is 10.5. The van der Waals surface area contributed by atoms with Gasteiger partial charge in [0.2, 0.25) is 0 Å². The van der Waals surface area contributed by atoms with E-state index in [1.807, 2.05) is 44.2 Å². The van der Waals surface area contributed by atoms with Gasteiger partial charge in [-0.2, -0.15) is 0 Å². The highest BCUT2D eigenvalue weighted by atomic mass is 16.8. The molecule has 2 aromatic rings. The van der Waals surface area contributed by atoms with Crippen molar-refractivity contribution in [3.8, 4) is 0 Å². The molecule has 1 aromatic heterocycles. The summed E-state index contributed by atoms with van der Waals surface area (Å²) >= 11 is 0. The molecule has 2 bridgehead atoms. The first-order valence-electron chi connectivity index (χ1n) is 13.1. The average Bonchev–Trinajstić information content (AvgIpc) is 3.13. The maximum Gasteiger partial charge on any atom is 0.499 e. The molecule has 12 nitrogen and oxygen atoms in total. The van der Waals surface area contributed by atoms with Gasteiger partial charge in [-0.05, 0) is 24.3 Å². The number of hydrogen-bond donors (Lipinski definition) is 1. The topological polar surface area (TPSA) is 160 Å². The minimum Gasteiger partial charge on any atom is -0.633 e. The number of hydrogen-bond acceptors (Lipinski definition) is 11. The Labute approximate surface area is 231 Å². The zero-order chi connectivity index (χ0) is 28.9. The van der Waals surface area contributed by atoms with Crippen LogP contribution in [0.1, 0.15) is 55.6 Å². The Hall–Kier alpha value is -4.13. The first-order valence-corrected chi connectivity index (χ1v) is 13.1. The molecule has 2 aliphatic rings. The van der Waals surface area contributed by atoms with Crippen molar-refractivity contribution in [2.75, 3.05) is 7.11 Å². The molecule has 2 saturated heterocycles. The van der Waals surface area contributed by atoms with Crippen molar-refractivity contribution < 1.29 is 42.7 Å². The predicted octanol–water partition coefficient (Wildman–Crippen LogP) is 1.95. The Bertz CT molecular complexity index is 1280. The van der Waals surface area contributed by atoms with Crippen molar-refractivity contribution in [2.45, 2.75) is 63.4 Å². The number of aromatic nitrogens is 2. The van der Waals surface area contributed by atoms with Crippen LogP contribution in [0.3, 0.4) is 0 Å². The van der Waals surface area contributed by atoms with Crippen LogP contribution in [0.5, 0.6) is 0 Å². The van der Waals surface area contributed by atoms with Gasteiger partial charge in [0.05, 0.1) is 32.2 Å². The van der Waals surface area contributed by atoms with Crippen LogP contribution in [-0.2, 0) is 44.3 Å². The molecule has 1 aromatic carbocycles. The van der Waals surface area contributed by atoms with Gasteiger partial charge in [-0.15, -0.1) is 0 Å². The van der Waals surface area contributed by atoms with Gasteiger partial charge in [-0.1, -0.05) is 56.4 Å². The Morgan fingerprint density at radius 2 is 1.88 bits per heavy atom. The summed E-state index contributed by atoms with van der Waals surface area (Å²) in [6.45, 7) is 0.722. The highest BCUT2D eigenvalue weighted by Gasteiger charge is 2.64. The summed E-state index contributed by atoms with van der Waals surface area (Å²) in [5.74, 6) is -4.32. The lowest BCUT2D eigenvalue weighted by Gasteiger charge is -2.46. The molecule has 0 spiro atoms. The Morgan fingerprint density at radius 3 is 2.52 bits per heavy atom. The number of ether oxygens (including phenoxy) is 1. The standard InChI is InChI=1S/C27H31BN3O9/c1-17(2)11-19(28-38-24(34)15-27(40-28,26(36)39-28)14-23(33)37-3)13-22(32)20(12-18-7-5-4-6-8-18)31-25(35)21-16-29-9-10-30-21/h4-10,16-17,19-20H,11-15H2,1-3H3,(H,31,35)/q-1/t19?,20-,27+,28?/m0/s1. The quantitative estimate of drug-likeness (QED) is 0.303. The summed E-state index contributed by atoms with van der Waals surface area (Å²) in [5.41, 5.74) is -1.05. The van der Waals surface area contributed by atoms with Crippen LogP contribution in [0.25, 0.3) is 0 Å². The first kappa shape index (κ1) is 28.9. The molecule has 2 fully saturated rings. The number of esters is 1. The molecule has 1 N–H and O–H groups in total. The van der Waals surface area contributed by atoms with Gasteiger partial charge in [0, 0.05) is 12.4 Å². The van der Waals surface area contributed by atoms with Crippen molar-refractivity contribution >= 4 is 36.4 Å². The second-order valence-electron chi connectivity index (χ2n) is 10.5. The minimum atomic E-state index is -3.07. The molecule has 13 heteroatoms. The summed E-state index contributed by atoms with van der Waals surface area (Å²) < 4.78 is 21.9. The fourth-order valence-electron chi connectivity index (χ4n) is 5.18. The van der Waals surface area contributed by atoms with E-state index in [4.69, 9.17) is 18.7 Å². The SMILES string of the molecule is COC(=O)C[C@@]12CC(=O)O[B-](C(CC(=O)[C@H](Cc3ccccc3)NC(=O)c3cnccn3)CC(C)C)(OC1=O)O2. The van der Waals surface area contributed by atoms with Crippen LogP contribution >= 0.6 is 0 Å². The number of rotatable bonds is 12. The molecule has 40 heavy (non-hydrogen) atoms. The summed E-state index contributed by atoms with van der Waals surface area (Å²) in [6, 6.07) is 8.14. The van der Waals surface area contributed by atoms with E-state index in [0.717, 1.165) is 12.7 Å². The normalized spacial score (nSPS) is 23.1. The molecular weight excluding hydrogens is 521 g/mol. The third-order valence-corrected chi connectivity index (χ3v) is 7.00. The number of methoxy groups -OCH3 is 1. The fourth-order valence-corrected chi connectivity index (χ4v) is 5.18. The Balaban J connectivity index is 1.62. The molecule has 4 atom stereocenters. The van der Waals surface area contributed by atoms with Gasteiger partial charge in [-0.25, -0.2) is 4.98 Å². The number of Topliss-reactive ketones (excluding diaryl/α,β-unsaturated/α-hetero) is 1. The van der Waals surface area contributed by atoms with Gasteiger partial charge in [-0.3, -0.25) is 29.0 Å². The molecule has 0 saturated carbocycles. The monoisotopic (exact) mass is 552 g/mol. The van der Waals surface area contributed by atoms with E-state index in [9.17, 15) is 24.0 Å². The van der Waals surface area contributed by atoms with Gasteiger partial charge in [0.15, 0.2) is 5.78 Å². The van der Waals surface area contributed by atoms with Crippen LogP contribution in [0.2, 0.25) is 5.82 Å². The van der Waals surface area contributed by atoms with E-state index in [1.165, 1.54) is 18.6 Å². The average molecular weight is 552 g/mol. The van der Waals surface area contributed by atoms with E-state index < -0.39 is 66.7 Å². The zero-order valence-corrected chi connectivity index (χ0v) is 22.5. The molecule has 212 valence electrons. The van der Waals surface area contributed by atoms with Crippen LogP contribution < -0.4 is 5.32 Å². The maximum absolute atomic E-state index is 13.8. The van der Waals surface area contributed by atoms with Crippen LogP contribution in [-0.4, -0.2) is 65.1 Å². The highest BCUT2D eigenvalue weighted by molar-refractivity contribution is 6.68. The molecule has 3 heterocycles. The van der Waals surface area contributed by atoms with E-state index >= 15 is 0 Å². The van der Waals surface area contributed by atoms with E-state index in [0.29, 0.717) is 0 Å². The van der Waals surface area contributed by atoms with Crippen molar-refractivity contribution in [3.63, 3.8) is 0 Å². The third kappa shape index (κ3) is 6.36. The third-order valence-electron chi connectivity index (χ3n) is 7.00. The number of carbonyl (C=O) groups is 5. The lowest BCUT2D eigenvalue weighted by Crippen LogP contribution is -2.56. The van der Waals surface area contributed by atoms with Gasteiger partial charge >= 0.3 is 12.7 Å². The van der Waals surface area contributed by atoms with Crippen molar-refractivity contribution in [3.05, 3.63) is 60.2 Å². The number of nitrogens with zero attached hydrogens (tertiary/aromatic N) is 2.